The van der Waals surface area contributed by atoms with Gasteiger partial charge in [-0.15, -0.1) is 0 Å². The molecule has 1 heteroatoms. The standard InChI is InChI=1S/C13H17N/c1-9(2)7-12-11-6-4-3-5-10(11)8-13(12)14/h3-7,12-13H,8,14H2,1-2H3. The molecule has 1 aromatic carbocycles. The van der Waals surface area contributed by atoms with E-state index in [0.717, 1.165) is 6.42 Å². The van der Waals surface area contributed by atoms with Crippen LogP contribution >= 0.6 is 0 Å². The number of rotatable bonds is 1. The molecule has 1 nitrogen and oxygen atoms in total. The Balaban J connectivity index is 2.39. The fraction of sp³-hybridized carbons (Fsp3) is 0.385. The van der Waals surface area contributed by atoms with Crippen LogP contribution in [0.5, 0.6) is 0 Å². The minimum absolute atomic E-state index is 0.266. The lowest BCUT2D eigenvalue weighted by Gasteiger charge is -2.12. The summed E-state index contributed by atoms with van der Waals surface area (Å²) in [5.41, 5.74) is 10.3. The zero-order valence-corrected chi connectivity index (χ0v) is 8.83. The van der Waals surface area contributed by atoms with E-state index in [4.69, 9.17) is 5.73 Å². The van der Waals surface area contributed by atoms with Crippen molar-refractivity contribution in [2.75, 3.05) is 0 Å². The quantitative estimate of drug-likeness (QED) is 0.672. The lowest BCUT2D eigenvalue weighted by Crippen LogP contribution is -2.23. The minimum Gasteiger partial charge on any atom is -0.327 e. The Kier molecular flexibility index (Phi) is 2.42. The van der Waals surface area contributed by atoms with Gasteiger partial charge in [0.1, 0.15) is 0 Å². The van der Waals surface area contributed by atoms with Gasteiger partial charge in [0.05, 0.1) is 0 Å². The third kappa shape index (κ3) is 1.60. The maximum absolute atomic E-state index is 6.13. The van der Waals surface area contributed by atoms with Crippen molar-refractivity contribution in [3.05, 3.63) is 47.0 Å². The van der Waals surface area contributed by atoms with Gasteiger partial charge in [-0.05, 0) is 31.4 Å². The van der Waals surface area contributed by atoms with Crippen molar-refractivity contribution in [2.24, 2.45) is 5.73 Å². The van der Waals surface area contributed by atoms with Gasteiger partial charge >= 0.3 is 0 Å². The summed E-state index contributed by atoms with van der Waals surface area (Å²) in [4.78, 5) is 0. The van der Waals surface area contributed by atoms with Crippen LogP contribution in [-0.4, -0.2) is 6.04 Å². The molecule has 1 aliphatic carbocycles. The summed E-state index contributed by atoms with van der Waals surface area (Å²) in [6.07, 6.45) is 3.31. The molecule has 74 valence electrons. The molecule has 0 heterocycles. The fourth-order valence-corrected chi connectivity index (χ4v) is 2.23. The van der Waals surface area contributed by atoms with E-state index < -0.39 is 0 Å². The number of benzene rings is 1. The van der Waals surface area contributed by atoms with Gasteiger partial charge in [-0.3, -0.25) is 0 Å². The molecule has 0 saturated carbocycles. The van der Waals surface area contributed by atoms with E-state index in [9.17, 15) is 0 Å². The van der Waals surface area contributed by atoms with Crippen LogP contribution in [0.4, 0.5) is 0 Å². The van der Waals surface area contributed by atoms with E-state index in [-0.39, 0.29) is 6.04 Å². The monoisotopic (exact) mass is 187 g/mol. The van der Waals surface area contributed by atoms with Gasteiger partial charge in [0.25, 0.3) is 0 Å². The smallest absolute Gasteiger partial charge is 0.0184 e. The number of nitrogens with two attached hydrogens (primary N) is 1. The predicted molar refractivity (Wildman–Crippen MR) is 60.3 cm³/mol. The minimum atomic E-state index is 0.266. The molecule has 2 rings (SSSR count). The Morgan fingerprint density at radius 2 is 2.07 bits per heavy atom. The molecule has 2 unspecified atom stereocenters. The Morgan fingerprint density at radius 1 is 1.36 bits per heavy atom. The number of fused-ring (bicyclic) bond motifs is 1. The fourth-order valence-electron chi connectivity index (χ4n) is 2.23. The third-order valence-electron chi connectivity index (χ3n) is 2.84. The first kappa shape index (κ1) is 9.47. The van der Waals surface area contributed by atoms with E-state index in [1.165, 1.54) is 16.7 Å². The highest BCUT2D eigenvalue weighted by Gasteiger charge is 2.27. The summed E-state index contributed by atoms with van der Waals surface area (Å²) >= 11 is 0. The van der Waals surface area contributed by atoms with Crippen LogP contribution in [0, 0.1) is 0 Å². The van der Waals surface area contributed by atoms with Crippen LogP contribution in [0.3, 0.4) is 0 Å². The average Bonchev–Trinajstić information content (AvgIpc) is 2.43. The summed E-state index contributed by atoms with van der Waals surface area (Å²) in [7, 11) is 0. The van der Waals surface area contributed by atoms with E-state index >= 15 is 0 Å². The number of hydrogen-bond donors (Lipinski definition) is 1. The third-order valence-corrected chi connectivity index (χ3v) is 2.84. The highest BCUT2D eigenvalue weighted by Crippen LogP contribution is 2.33. The summed E-state index contributed by atoms with van der Waals surface area (Å²) in [5.74, 6) is 0.427. The molecule has 0 spiro atoms. The van der Waals surface area contributed by atoms with Gasteiger partial charge in [0, 0.05) is 12.0 Å². The molecule has 1 aliphatic rings. The van der Waals surface area contributed by atoms with Crippen LogP contribution in [0.25, 0.3) is 0 Å². The van der Waals surface area contributed by atoms with E-state index in [0.29, 0.717) is 5.92 Å². The molecule has 0 aliphatic heterocycles. The molecule has 1 aromatic rings. The summed E-state index contributed by atoms with van der Waals surface area (Å²) in [6, 6.07) is 8.85. The van der Waals surface area contributed by atoms with Crippen LogP contribution < -0.4 is 5.73 Å². The van der Waals surface area contributed by atoms with Crippen molar-refractivity contribution in [3.63, 3.8) is 0 Å². The first-order chi connectivity index (χ1) is 6.68. The lowest BCUT2D eigenvalue weighted by atomic mass is 9.97. The molecule has 0 aromatic heterocycles. The first-order valence-corrected chi connectivity index (χ1v) is 5.17. The molecule has 2 N–H and O–H groups in total. The second-order valence-electron chi connectivity index (χ2n) is 4.34. The molecule has 0 saturated heterocycles. The molecule has 2 atom stereocenters. The van der Waals surface area contributed by atoms with Crippen molar-refractivity contribution in [2.45, 2.75) is 32.2 Å². The van der Waals surface area contributed by atoms with Gasteiger partial charge in [-0.2, -0.15) is 0 Å². The molecule has 0 radical (unpaired) electrons. The van der Waals surface area contributed by atoms with Crippen molar-refractivity contribution in [1.29, 1.82) is 0 Å². The topological polar surface area (TPSA) is 26.0 Å². The summed E-state index contributed by atoms with van der Waals surface area (Å²) < 4.78 is 0. The Hall–Kier alpha value is -1.08. The van der Waals surface area contributed by atoms with Crippen molar-refractivity contribution in [3.8, 4) is 0 Å². The Morgan fingerprint density at radius 3 is 2.79 bits per heavy atom. The van der Waals surface area contributed by atoms with Crippen molar-refractivity contribution < 1.29 is 0 Å². The zero-order valence-electron chi connectivity index (χ0n) is 8.83. The Bertz CT molecular complexity index is 361. The van der Waals surface area contributed by atoms with Crippen LogP contribution in [-0.2, 0) is 6.42 Å². The highest BCUT2D eigenvalue weighted by atomic mass is 14.7. The van der Waals surface area contributed by atoms with Crippen LogP contribution in [0.2, 0.25) is 0 Å². The SMILES string of the molecule is CC(C)=CC1c2ccccc2CC1N. The van der Waals surface area contributed by atoms with Crippen molar-refractivity contribution in [1.82, 2.24) is 0 Å². The zero-order chi connectivity index (χ0) is 10.1. The van der Waals surface area contributed by atoms with E-state index in [1.54, 1.807) is 0 Å². The number of allylic oxidation sites excluding steroid dienone is 1. The lowest BCUT2D eigenvalue weighted by molar-refractivity contribution is 0.655. The second kappa shape index (κ2) is 3.58. The van der Waals surface area contributed by atoms with Crippen LogP contribution in [0.15, 0.2) is 35.9 Å². The Labute approximate surface area is 85.6 Å². The first-order valence-electron chi connectivity index (χ1n) is 5.17. The maximum atomic E-state index is 6.13. The summed E-state index contributed by atoms with van der Waals surface area (Å²) in [6.45, 7) is 4.27. The van der Waals surface area contributed by atoms with Gasteiger partial charge in [0.15, 0.2) is 0 Å². The van der Waals surface area contributed by atoms with E-state index in [2.05, 4.69) is 44.2 Å². The summed E-state index contributed by atoms with van der Waals surface area (Å²) in [5, 5.41) is 0. The highest BCUT2D eigenvalue weighted by molar-refractivity contribution is 5.40. The second-order valence-corrected chi connectivity index (χ2v) is 4.34. The van der Waals surface area contributed by atoms with Gasteiger partial charge in [-0.1, -0.05) is 35.9 Å². The number of hydrogen-bond acceptors (Lipinski definition) is 1. The van der Waals surface area contributed by atoms with Crippen LogP contribution in [0.1, 0.15) is 30.9 Å². The largest absolute Gasteiger partial charge is 0.327 e. The molecule has 0 fully saturated rings. The normalized spacial score (nSPS) is 24.5. The van der Waals surface area contributed by atoms with E-state index in [1.807, 2.05) is 0 Å². The average molecular weight is 187 g/mol. The van der Waals surface area contributed by atoms with Gasteiger partial charge < -0.3 is 5.73 Å². The molecular formula is C13H17N. The van der Waals surface area contributed by atoms with Gasteiger partial charge in [-0.25, -0.2) is 0 Å². The maximum Gasteiger partial charge on any atom is 0.0184 e. The van der Waals surface area contributed by atoms with Gasteiger partial charge in [0.2, 0.25) is 0 Å². The molecular weight excluding hydrogens is 170 g/mol. The molecule has 14 heavy (non-hydrogen) atoms. The molecule has 0 amide bonds. The van der Waals surface area contributed by atoms with Crippen molar-refractivity contribution >= 4 is 0 Å². The molecule has 0 bridgehead atoms. The predicted octanol–water partition coefficient (Wildman–Crippen LogP) is 2.62.